The molecule has 2 rings (SSSR count). The molecule has 0 amide bonds. The highest BCUT2D eigenvalue weighted by Crippen LogP contribution is 2.19. The van der Waals surface area contributed by atoms with E-state index in [1.807, 2.05) is 0 Å². The van der Waals surface area contributed by atoms with Gasteiger partial charge in [0.05, 0.1) is 2.74 Å². The van der Waals surface area contributed by atoms with Crippen LogP contribution >= 0.6 is 0 Å². The first kappa shape index (κ1) is 2.26. The van der Waals surface area contributed by atoms with Gasteiger partial charge in [-0.3, -0.25) is 4.79 Å². The Morgan fingerprint density at radius 2 is 2.57 bits per heavy atom. The van der Waals surface area contributed by atoms with Gasteiger partial charge in [-0.1, -0.05) is 6.85 Å². The topological polar surface area (TPSA) is 49.0 Å². The average Bonchev–Trinajstić information content (AvgIpc) is 2.51. The molecular weight excluding hydrogens is 178 g/mol. The summed E-state index contributed by atoms with van der Waals surface area (Å²) in [5.74, 6) is -5.04. The molecule has 0 aromatic carbocycles. The van der Waals surface area contributed by atoms with Crippen molar-refractivity contribution >= 4 is 5.82 Å². The molecule has 0 radical (unpaired) electrons. The molecule has 0 unspecified atom stereocenters. The van der Waals surface area contributed by atoms with Crippen LogP contribution in [-0.2, 0) is 0 Å². The van der Waals surface area contributed by atoms with Crippen LogP contribution in [0, 0.1) is 5.89 Å². The zero-order valence-corrected chi connectivity index (χ0v) is 6.80. The number of piperidine rings is 1. The summed E-state index contributed by atoms with van der Waals surface area (Å²) in [4.78, 5) is 11.1. The SMILES string of the molecule is [2H]c1c(N2C([2H])([2H])C([2H])([2H])C([2H])(C([2H])([2H])[2H])C([2H])([2H])C2([2H])[2H])n[nH]c(=O)c1[2H]. The van der Waals surface area contributed by atoms with Gasteiger partial charge in [-0.15, -0.1) is 0 Å². The quantitative estimate of drug-likeness (QED) is 0.747. The van der Waals surface area contributed by atoms with E-state index in [-0.39, 0.29) is 4.90 Å². The Balaban J connectivity index is 2.97. The highest BCUT2D eigenvalue weighted by molar-refractivity contribution is 5.36. The van der Waals surface area contributed by atoms with Gasteiger partial charge >= 0.3 is 0 Å². The zero-order chi connectivity index (χ0) is 22.3. The van der Waals surface area contributed by atoms with E-state index in [2.05, 4.69) is 5.10 Å². The summed E-state index contributed by atoms with van der Waals surface area (Å²) in [5.41, 5.74) is -1.18. The van der Waals surface area contributed by atoms with Crippen LogP contribution in [0.2, 0.25) is 0 Å². The van der Waals surface area contributed by atoms with Crippen molar-refractivity contribution in [2.45, 2.75) is 19.6 Å². The van der Waals surface area contributed by atoms with Crippen molar-refractivity contribution in [1.82, 2.24) is 10.2 Å². The lowest BCUT2D eigenvalue weighted by molar-refractivity contribution is 0.436. The zero-order valence-electron chi connectivity index (χ0n) is 20.8. The van der Waals surface area contributed by atoms with Gasteiger partial charge in [-0.05, 0) is 24.7 Å². The number of hydrogen-bond donors (Lipinski definition) is 1. The molecule has 76 valence electrons. The van der Waals surface area contributed by atoms with Crippen LogP contribution in [0.15, 0.2) is 16.9 Å². The maximum absolute atomic E-state index is 11.4. The first-order valence-corrected chi connectivity index (χ1v) is 3.57. The third-order valence-corrected chi connectivity index (χ3v) is 1.35. The molecule has 1 aliphatic rings. The van der Waals surface area contributed by atoms with E-state index >= 15 is 0 Å². The Hall–Kier alpha value is -1.32. The van der Waals surface area contributed by atoms with Crippen molar-refractivity contribution in [3.05, 3.63) is 22.4 Å². The Bertz CT molecular complexity index is 830. The van der Waals surface area contributed by atoms with Gasteiger partial charge in [0.15, 0.2) is 0 Å². The lowest BCUT2D eigenvalue weighted by Crippen LogP contribution is -2.33. The smallest absolute Gasteiger partial charge is 0.264 e. The second kappa shape index (κ2) is 3.82. The van der Waals surface area contributed by atoms with Crippen LogP contribution in [0.4, 0.5) is 5.82 Å². The summed E-state index contributed by atoms with van der Waals surface area (Å²) in [5, 5.41) is 4.96. The minimum atomic E-state index is -3.91. The second-order valence-electron chi connectivity index (χ2n) is 2.31. The van der Waals surface area contributed by atoms with Crippen LogP contribution in [0.3, 0.4) is 0 Å². The van der Waals surface area contributed by atoms with Gasteiger partial charge in [-0.2, -0.15) is 5.10 Å². The molecule has 1 fully saturated rings. The standard InChI is InChI=1S/C10H15N3O/c1-8-4-6-13(7-5-8)9-2-3-10(14)12-11-9/h2-3,8H,4-7H2,1H3,(H,12,14)/i1D3,2D,3D,4D2,5D2,6D2,7D2,8D. The van der Waals surface area contributed by atoms with Crippen LogP contribution in [0.5, 0.6) is 0 Å². The van der Waals surface area contributed by atoms with Crippen LogP contribution in [0.25, 0.3) is 0 Å². The summed E-state index contributed by atoms with van der Waals surface area (Å²) in [6, 6.07) is -2.20. The number of H-pyrrole nitrogens is 1. The summed E-state index contributed by atoms with van der Waals surface area (Å²) >= 11 is 0. The van der Waals surface area contributed by atoms with E-state index in [1.165, 1.54) is 0 Å². The van der Waals surface area contributed by atoms with E-state index in [0.717, 1.165) is 0 Å². The molecule has 2 heterocycles. The first-order valence-electron chi connectivity index (χ1n) is 10.6. The van der Waals surface area contributed by atoms with Crippen molar-refractivity contribution in [2.75, 3.05) is 17.9 Å². The largest absolute Gasteiger partial charge is 0.355 e. The molecule has 1 N–H and O–H groups in total. The Kier molecular flexibility index (Phi) is 0.616. The number of rotatable bonds is 1. The van der Waals surface area contributed by atoms with E-state index in [0.29, 0.717) is 0 Å². The minimum absolute atomic E-state index is 0.269. The predicted octanol–water partition coefficient (Wildman–Crippen LogP) is 1.01. The fourth-order valence-electron chi connectivity index (χ4n) is 0.767. The molecule has 4 nitrogen and oxygen atoms in total. The van der Waals surface area contributed by atoms with Crippen molar-refractivity contribution < 1.29 is 19.2 Å². The molecule has 0 bridgehead atoms. The maximum Gasteiger partial charge on any atom is 0.264 e. The monoisotopic (exact) mass is 207 g/mol. The molecule has 0 saturated carbocycles. The van der Waals surface area contributed by atoms with E-state index in [4.69, 9.17) is 19.2 Å². The Morgan fingerprint density at radius 3 is 3.29 bits per heavy atom. The van der Waals surface area contributed by atoms with Crippen molar-refractivity contribution in [3.63, 3.8) is 0 Å². The lowest BCUT2D eigenvalue weighted by atomic mass is 9.99. The van der Waals surface area contributed by atoms with E-state index in [1.54, 1.807) is 5.10 Å². The molecule has 1 saturated heterocycles. The molecular formula is C10H15N3O. The van der Waals surface area contributed by atoms with Crippen molar-refractivity contribution in [2.24, 2.45) is 5.89 Å². The number of nitrogens with zero attached hydrogens (tertiary/aromatic N) is 2. The average molecular weight is 207 g/mol. The molecule has 0 aliphatic carbocycles. The maximum atomic E-state index is 11.4. The molecule has 0 atom stereocenters. The molecule has 0 spiro atoms. The van der Waals surface area contributed by atoms with Gasteiger partial charge in [0, 0.05) is 35.5 Å². The fourth-order valence-corrected chi connectivity index (χ4v) is 0.767. The van der Waals surface area contributed by atoms with Crippen LogP contribution < -0.4 is 10.5 Å². The highest BCUT2D eigenvalue weighted by atomic mass is 16.1. The predicted molar refractivity (Wildman–Crippen MR) is 55.5 cm³/mol. The number of hydrogen-bond acceptors (Lipinski definition) is 3. The minimum Gasteiger partial charge on any atom is -0.355 e. The summed E-state index contributed by atoms with van der Waals surface area (Å²) in [6.07, 6.45) is -7.74. The second-order valence-corrected chi connectivity index (χ2v) is 2.31. The van der Waals surface area contributed by atoms with Gasteiger partial charge in [0.2, 0.25) is 0 Å². The van der Waals surface area contributed by atoms with Gasteiger partial charge < -0.3 is 4.90 Å². The molecule has 1 aliphatic heterocycles. The van der Waals surface area contributed by atoms with Crippen molar-refractivity contribution in [3.8, 4) is 0 Å². The summed E-state index contributed by atoms with van der Waals surface area (Å²) in [6.45, 7) is -11.3. The van der Waals surface area contributed by atoms with E-state index in [9.17, 15) is 4.79 Å². The normalized spacial score (nSPS) is 50.7. The molecule has 1 aromatic heterocycles. The summed E-state index contributed by atoms with van der Waals surface area (Å²) < 4.78 is 110. The van der Waals surface area contributed by atoms with Crippen LogP contribution in [0.1, 0.15) is 38.8 Å². The third-order valence-electron chi connectivity index (χ3n) is 1.35. The molecule has 14 heavy (non-hydrogen) atoms. The summed E-state index contributed by atoms with van der Waals surface area (Å²) in [7, 11) is 0. The number of aromatic nitrogens is 2. The van der Waals surface area contributed by atoms with Crippen molar-refractivity contribution in [1.29, 1.82) is 0 Å². The number of anilines is 1. The van der Waals surface area contributed by atoms with Gasteiger partial charge in [0.1, 0.15) is 5.82 Å². The van der Waals surface area contributed by atoms with Gasteiger partial charge in [-0.25, -0.2) is 5.10 Å². The Labute approximate surface area is 103 Å². The van der Waals surface area contributed by atoms with Crippen LogP contribution in [-0.4, -0.2) is 23.2 Å². The highest BCUT2D eigenvalue weighted by Gasteiger charge is 2.16. The first-order chi connectivity index (χ1) is 12.2. The number of aromatic amines is 1. The lowest BCUT2D eigenvalue weighted by Gasteiger charge is -2.30. The number of nitrogens with one attached hydrogen (secondary N) is 1. The Morgan fingerprint density at radius 1 is 1.79 bits per heavy atom. The molecule has 1 aromatic rings. The fraction of sp³-hybridized carbons (Fsp3) is 0.600. The van der Waals surface area contributed by atoms with E-state index < -0.39 is 61.9 Å². The third kappa shape index (κ3) is 1.95. The van der Waals surface area contributed by atoms with Gasteiger partial charge in [0.25, 0.3) is 5.56 Å². The molecule has 4 heteroatoms.